The van der Waals surface area contributed by atoms with Crippen LogP contribution in [0.3, 0.4) is 0 Å². The molecule has 1 saturated heterocycles. The summed E-state index contributed by atoms with van der Waals surface area (Å²) >= 11 is 0. The molecule has 1 heterocycles. The van der Waals surface area contributed by atoms with Gasteiger partial charge in [0.05, 0.1) is 18.2 Å². The fraction of sp³-hybridized carbons (Fsp3) is 0.905. The van der Waals surface area contributed by atoms with Crippen molar-refractivity contribution >= 4 is 12.1 Å². The molecule has 0 radical (unpaired) electrons. The number of piperidine rings is 1. The minimum Gasteiger partial charge on any atom is -0.444 e. The van der Waals surface area contributed by atoms with Crippen LogP contribution in [0.15, 0.2) is 4.99 Å². The molecule has 0 aromatic rings. The highest BCUT2D eigenvalue weighted by Crippen LogP contribution is 2.19. The van der Waals surface area contributed by atoms with Crippen LogP contribution >= 0.6 is 0 Å². The molecular weight excluding hydrogens is 356 g/mol. The Balaban J connectivity index is 2.81. The number of nitrogens with zero attached hydrogens (tertiary/aromatic N) is 2. The molecular formula is C21H42N4O3. The first-order valence-corrected chi connectivity index (χ1v) is 10.8. The summed E-state index contributed by atoms with van der Waals surface area (Å²) in [5.41, 5.74) is -0.924. The fourth-order valence-electron chi connectivity index (χ4n) is 3.33. The van der Waals surface area contributed by atoms with Crippen LogP contribution < -0.4 is 10.6 Å². The number of hydrogen-bond donors (Lipinski definition) is 2. The lowest BCUT2D eigenvalue weighted by molar-refractivity contribution is 0.0262. The molecule has 7 heteroatoms. The summed E-state index contributed by atoms with van der Waals surface area (Å²) in [6.07, 6.45) is 3.58. The van der Waals surface area contributed by atoms with Gasteiger partial charge in [-0.05, 0) is 60.3 Å². The van der Waals surface area contributed by atoms with E-state index in [2.05, 4.69) is 36.3 Å². The van der Waals surface area contributed by atoms with Crippen molar-refractivity contribution < 1.29 is 14.3 Å². The number of carbonyl (C=O) groups excluding carboxylic acids is 1. The monoisotopic (exact) mass is 398 g/mol. The molecule has 0 spiro atoms. The summed E-state index contributed by atoms with van der Waals surface area (Å²) in [5.74, 6) is 0.912. The topological polar surface area (TPSA) is 75.2 Å². The number of likely N-dealkylation sites (tertiary alicyclic amines) is 1. The van der Waals surface area contributed by atoms with E-state index in [1.807, 2.05) is 27.7 Å². The largest absolute Gasteiger partial charge is 0.444 e. The van der Waals surface area contributed by atoms with Crippen molar-refractivity contribution in [2.45, 2.75) is 91.4 Å². The molecule has 2 N–H and O–H groups in total. The Kier molecular flexibility index (Phi) is 10.1. The molecule has 1 aliphatic heterocycles. The van der Waals surface area contributed by atoms with E-state index in [0.29, 0.717) is 12.6 Å². The van der Waals surface area contributed by atoms with Crippen LogP contribution in [0.4, 0.5) is 4.79 Å². The Hall–Kier alpha value is -1.50. The van der Waals surface area contributed by atoms with E-state index in [4.69, 9.17) is 14.5 Å². The van der Waals surface area contributed by atoms with E-state index in [0.717, 1.165) is 57.9 Å². The van der Waals surface area contributed by atoms with Gasteiger partial charge < -0.3 is 25.0 Å². The number of ether oxygens (including phenoxy) is 2. The molecule has 1 rings (SSSR count). The summed E-state index contributed by atoms with van der Waals surface area (Å²) in [5, 5.41) is 6.48. The Morgan fingerprint density at radius 3 is 2.18 bits per heavy atom. The van der Waals surface area contributed by atoms with E-state index >= 15 is 0 Å². The van der Waals surface area contributed by atoms with Crippen molar-refractivity contribution in [1.29, 1.82) is 0 Å². The van der Waals surface area contributed by atoms with Crippen LogP contribution in [0.25, 0.3) is 0 Å². The van der Waals surface area contributed by atoms with Gasteiger partial charge in [0.1, 0.15) is 5.60 Å². The third-order valence-electron chi connectivity index (χ3n) is 5.13. The highest BCUT2D eigenvalue weighted by atomic mass is 16.6. The predicted octanol–water partition coefficient (Wildman–Crippen LogP) is 3.54. The van der Waals surface area contributed by atoms with Gasteiger partial charge in [-0.2, -0.15) is 0 Å². The Labute approximate surface area is 171 Å². The average molecular weight is 399 g/mol. The zero-order valence-electron chi connectivity index (χ0n) is 19.1. The average Bonchev–Trinajstić information content (AvgIpc) is 2.63. The van der Waals surface area contributed by atoms with Gasteiger partial charge in [-0.25, -0.2) is 4.79 Å². The molecule has 164 valence electrons. The SMILES string of the molecule is CCNC(=NCC(CC)(CC)NC(=O)OC(C)(C)C)N1CCC(OCC)CC1. The van der Waals surface area contributed by atoms with E-state index < -0.39 is 11.1 Å². The van der Waals surface area contributed by atoms with Crippen molar-refractivity contribution in [2.24, 2.45) is 4.99 Å². The molecule has 0 aliphatic carbocycles. The van der Waals surface area contributed by atoms with Gasteiger partial charge in [0.2, 0.25) is 0 Å². The first-order valence-electron chi connectivity index (χ1n) is 10.8. The second kappa shape index (κ2) is 11.5. The summed E-state index contributed by atoms with van der Waals surface area (Å²) in [6.45, 7) is 17.9. The molecule has 0 aromatic carbocycles. The minimum atomic E-state index is -0.513. The molecule has 0 atom stereocenters. The van der Waals surface area contributed by atoms with Crippen LogP contribution in [0.2, 0.25) is 0 Å². The standard InChI is InChI=1S/C21H42N4O3/c1-8-21(9-2,24-19(26)28-20(5,6)7)16-23-18(22-10-3)25-14-12-17(13-15-25)27-11-4/h17H,8-16H2,1-7H3,(H,22,23)(H,24,26). The third kappa shape index (κ3) is 8.25. The fourth-order valence-corrected chi connectivity index (χ4v) is 3.33. The lowest BCUT2D eigenvalue weighted by Crippen LogP contribution is -2.53. The number of nitrogens with one attached hydrogen (secondary N) is 2. The van der Waals surface area contributed by atoms with Gasteiger partial charge in [-0.3, -0.25) is 4.99 Å². The first kappa shape index (κ1) is 24.5. The van der Waals surface area contributed by atoms with Crippen molar-refractivity contribution in [2.75, 3.05) is 32.8 Å². The number of guanidine groups is 1. The summed E-state index contributed by atoms with van der Waals surface area (Å²) < 4.78 is 11.2. The van der Waals surface area contributed by atoms with Crippen molar-refractivity contribution in [1.82, 2.24) is 15.5 Å². The molecule has 1 aliphatic rings. The molecule has 1 fully saturated rings. The number of carbonyl (C=O) groups is 1. The van der Waals surface area contributed by atoms with Gasteiger partial charge >= 0.3 is 6.09 Å². The summed E-state index contributed by atoms with van der Waals surface area (Å²) in [7, 11) is 0. The number of hydrogen-bond acceptors (Lipinski definition) is 4. The van der Waals surface area contributed by atoms with Gasteiger partial charge in [-0.1, -0.05) is 13.8 Å². The highest BCUT2D eigenvalue weighted by molar-refractivity contribution is 5.80. The predicted molar refractivity (Wildman–Crippen MR) is 115 cm³/mol. The number of rotatable bonds is 8. The molecule has 0 unspecified atom stereocenters. The molecule has 0 aromatic heterocycles. The van der Waals surface area contributed by atoms with Gasteiger partial charge in [0.25, 0.3) is 0 Å². The van der Waals surface area contributed by atoms with Crippen LogP contribution in [-0.2, 0) is 9.47 Å². The van der Waals surface area contributed by atoms with Gasteiger partial charge in [0, 0.05) is 26.2 Å². The molecule has 0 bridgehead atoms. The maximum absolute atomic E-state index is 12.3. The van der Waals surface area contributed by atoms with Crippen LogP contribution in [-0.4, -0.2) is 67.0 Å². The maximum Gasteiger partial charge on any atom is 0.408 e. The van der Waals surface area contributed by atoms with Crippen LogP contribution in [0.5, 0.6) is 0 Å². The summed E-state index contributed by atoms with van der Waals surface area (Å²) in [6, 6.07) is 0. The second-order valence-electron chi connectivity index (χ2n) is 8.43. The second-order valence-corrected chi connectivity index (χ2v) is 8.43. The van der Waals surface area contributed by atoms with Gasteiger partial charge in [-0.15, -0.1) is 0 Å². The molecule has 28 heavy (non-hydrogen) atoms. The molecule has 7 nitrogen and oxygen atoms in total. The van der Waals surface area contributed by atoms with Gasteiger partial charge in [0.15, 0.2) is 5.96 Å². The zero-order valence-corrected chi connectivity index (χ0v) is 19.1. The highest BCUT2D eigenvalue weighted by Gasteiger charge is 2.31. The quantitative estimate of drug-likeness (QED) is 0.483. The van der Waals surface area contributed by atoms with Crippen molar-refractivity contribution in [3.05, 3.63) is 0 Å². The van der Waals surface area contributed by atoms with E-state index in [9.17, 15) is 4.79 Å². The van der Waals surface area contributed by atoms with E-state index in [-0.39, 0.29) is 6.09 Å². The van der Waals surface area contributed by atoms with E-state index in [1.165, 1.54) is 0 Å². The van der Waals surface area contributed by atoms with Crippen LogP contribution in [0.1, 0.15) is 74.1 Å². The lowest BCUT2D eigenvalue weighted by Gasteiger charge is -2.36. The maximum atomic E-state index is 12.3. The van der Waals surface area contributed by atoms with E-state index in [1.54, 1.807) is 0 Å². The minimum absolute atomic E-state index is 0.350. The molecule has 0 saturated carbocycles. The number of alkyl carbamates (subject to hydrolysis) is 1. The number of aliphatic imine (C=N–C) groups is 1. The van der Waals surface area contributed by atoms with Crippen molar-refractivity contribution in [3.8, 4) is 0 Å². The summed E-state index contributed by atoms with van der Waals surface area (Å²) in [4.78, 5) is 19.5. The third-order valence-corrected chi connectivity index (χ3v) is 5.13. The Morgan fingerprint density at radius 1 is 1.11 bits per heavy atom. The smallest absolute Gasteiger partial charge is 0.408 e. The Morgan fingerprint density at radius 2 is 1.71 bits per heavy atom. The lowest BCUT2D eigenvalue weighted by atomic mass is 9.93. The molecule has 1 amide bonds. The number of amides is 1. The first-order chi connectivity index (χ1) is 13.2. The zero-order chi connectivity index (χ0) is 21.2. The van der Waals surface area contributed by atoms with Crippen molar-refractivity contribution in [3.63, 3.8) is 0 Å². The normalized spacial score (nSPS) is 16.8. The Bertz CT molecular complexity index is 490. The van der Waals surface area contributed by atoms with Crippen LogP contribution in [0, 0.1) is 0 Å².